The van der Waals surface area contributed by atoms with Gasteiger partial charge in [-0.2, -0.15) is 0 Å². The lowest BCUT2D eigenvalue weighted by molar-refractivity contribution is -0.138. The number of fused-ring (bicyclic) bond motifs is 2. The Morgan fingerprint density at radius 2 is 1.42 bits per heavy atom. The molecular formula is C21H15NO4. The quantitative estimate of drug-likeness (QED) is 0.736. The molecule has 2 amide bonds. The summed E-state index contributed by atoms with van der Waals surface area (Å²) in [5.41, 5.74) is 1.23. The van der Waals surface area contributed by atoms with Crippen LogP contribution in [0.5, 0.6) is 0 Å². The van der Waals surface area contributed by atoms with Crippen LogP contribution < -0.4 is 0 Å². The molecule has 1 aliphatic heterocycles. The highest BCUT2D eigenvalue weighted by Gasteiger charge is 2.38. The first-order valence-electron chi connectivity index (χ1n) is 8.23. The Kier molecular flexibility index (Phi) is 3.77. The van der Waals surface area contributed by atoms with Gasteiger partial charge in [-0.1, -0.05) is 54.6 Å². The number of imide groups is 1. The summed E-state index contributed by atoms with van der Waals surface area (Å²) in [5.74, 6) is -2.96. The van der Waals surface area contributed by atoms with Crippen molar-refractivity contribution in [3.05, 3.63) is 83.4 Å². The molecule has 1 atom stereocenters. The molecule has 5 heteroatoms. The van der Waals surface area contributed by atoms with Crippen LogP contribution in [0.4, 0.5) is 0 Å². The third kappa shape index (κ3) is 2.45. The third-order valence-corrected chi connectivity index (χ3v) is 4.74. The molecule has 0 radical (unpaired) electrons. The molecule has 0 aromatic heterocycles. The number of carboxylic acid groups (broad SMARTS) is 1. The second-order valence-electron chi connectivity index (χ2n) is 6.23. The van der Waals surface area contributed by atoms with Crippen molar-refractivity contribution in [3.63, 3.8) is 0 Å². The highest BCUT2D eigenvalue weighted by atomic mass is 16.4. The van der Waals surface area contributed by atoms with Gasteiger partial charge in [0.2, 0.25) is 0 Å². The number of nitrogens with zero attached hydrogens (tertiary/aromatic N) is 1. The van der Waals surface area contributed by atoms with E-state index in [0.717, 1.165) is 15.7 Å². The van der Waals surface area contributed by atoms with Crippen molar-refractivity contribution in [1.29, 1.82) is 0 Å². The van der Waals surface area contributed by atoms with E-state index >= 15 is 0 Å². The molecule has 5 nitrogen and oxygen atoms in total. The number of hydrogen-bond acceptors (Lipinski definition) is 3. The van der Waals surface area contributed by atoms with Crippen molar-refractivity contribution in [2.45, 2.75) is 5.92 Å². The second kappa shape index (κ2) is 6.11. The molecule has 4 rings (SSSR count). The fraction of sp³-hybridized carbons (Fsp3) is 0.0952. The summed E-state index contributed by atoms with van der Waals surface area (Å²) >= 11 is 0. The highest BCUT2D eigenvalue weighted by Crippen LogP contribution is 2.30. The van der Waals surface area contributed by atoms with Gasteiger partial charge in [0.1, 0.15) is 5.92 Å². The zero-order chi connectivity index (χ0) is 18.3. The van der Waals surface area contributed by atoms with E-state index in [9.17, 15) is 19.5 Å². The van der Waals surface area contributed by atoms with Gasteiger partial charge in [0.25, 0.3) is 11.8 Å². The van der Waals surface area contributed by atoms with Gasteiger partial charge >= 0.3 is 5.97 Å². The van der Waals surface area contributed by atoms with E-state index in [1.165, 1.54) is 0 Å². The molecule has 26 heavy (non-hydrogen) atoms. The minimum atomic E-state index is -1.07. The van der Waals surface area contributed by atoms with Crippen molar-refractivity contribution < 1.29 is 19.5 Å². The fourth-order valence-corrected chi connectivity index (χ4v) is 3.45. The predicted octanol–water partition coefficient (Wildman–Crippen LogP) is 3.30. The maximum absolute atomic E-state index is 12.6. The van der Waals surface area contributed by atoms with Crippen LogP contribution in [0.3, 0.4) is 0 Å². The van der Waals surface area contributed by atoms with Crippen molar-refractivity contribution in [2.75, 3.05) is 6.54 Å². The van der Waals surface area contributed by atoms with Crippen molar-refractivity contribution in [3.8, 4) is 0 Å². The summed E-state index contributed by atoms with van der Waals surface area (Å²) in [7, 11) is 0. The Bertz CT molecular complexity index is 1020. The van der Waals surface area contributed by atoms with Crippen LogP contribution in [0.2, 0.25) is 0 Å². The van der Waals surface area contributed by atoms with Crippen LogP contribution in [-0.4, -0.2) is 34.3 Å². The summed E-state index contributed by atoms with van der Waals surface area (Å²) in [6, 6.07) is 19.4. The summed E-state index contributed by atoms with van der Waals surface area (Å²) in [6.45, 7) is -0.199. The Balaban J connectivity index is 1.74. The molecule has 128 valence electrons. The smallest absolute Gasteiger partial charge is 0.312 e. The monoisotopic (exact) mass is 345 g/mol. The lowest BCUT2D eigenvalue weighted by Crippen LogP contribution is -2.36. The van der Waals surface area contributed by atoms with Gasteiger partial charge in [-0.15, -0.1) is 0 Å². The van der Waals surface area contributed by atoms with Crippen LogP contribution in [0.1, 0.15) is 32.2 Å². The Morgan fingerprint density at radius 3 is 2.08 bits per heavy atom. The van der Waals surface area contributed by atoms with E-state index in [1.807, 2.05) is 30.3 Å². The van der Waals surface area contributed by atoms with Crippen LogP contribution in [-0.2, 0) is 4.79 Å². The molecule has 3 aromatic rings. The number of aliphatic carboxylic acids is 1. The van der Waals surface area contributed by atoms with E-state index in [1.54, 1.807) is 36.4 Å². The van der Waals surface area contributed by atoms with Gasteiger partial charge in [-0.05, 0) is 28.5 Å². The van der Waals surface area contributed by atoms with Crippen molar-refractivity contribution in [1.82, 2.24) is 4.90 Å². The number of rotatable bonds is 4. The number of carboxylic acids is 1. The van der Waals surface area contributed by atoms with Gasteiger partial charge in [-0.3, -0.25) is 19.3 Å². The van der Waals surface area contributed by atoms with E-state index in [2.05, 4.69) is 0 Å². The van der Waals surface area contributed by atoms with Crippen molar-refractivity contribution in [2.24, 2.45) is 0 Å². The fourth-order valence-electron chi connectivity index (χ4n) is 3.45. The maximum atomic E-state index is 12.6. The number of amides is 2. The Hall–Kier alpha value is -3.47. The summed E-state index contributed by atoms with van der Waals surface area (Å²) < 4.78 is 0. The molecule has 0 aliphatic carbocycles. The molecule has 0 bridgehead atoms. The molecular weight excluding hydrogens is 330 g/mol. The van der Waals surface area contributed by atoms with Crippen LogP contribution in [0.25, 0.3) is 10.8 Å². The van der Waals surface area contributed by atoms with Gasteiger partial charge in [0, 0.05) is 6.54 Å². The third-order valence-electron chi connectivity index (χ3n) is 4.74. The minimum absolute atomic E-state index is 0.199. The standard InChI is InChI=1S/C21H15NO4/c23-19-16-9-3-4-10-17(16)20(24)22(19)12-18(21(25)26)15-11-5-7-13-6-1-2-8-14(13)15/h1-11,18H,12H2,(H,25,26)/t18-/m0/s1. The molecule has 0 spiro atoms. The van der Waals surface area contributed by atoms with Gasteiger partial charge in [-0.25, -0.2) is 0 Å². The molecule has 0 fully saturated rings. The SMILES string of the molecule is O=C(O)[C@@H](CN1C(=O)c2ccccc2C1=O)c1cccc2ccccc12. The number of benzene rings is 3. The van der Waals surface area contributed by atoms with E-state index in [-0.39, 0.29) is 6.54 Å². The predicted molar refractivity (Wildman–Crippen MR) is 96.1 cm³/mol. The summed E-state index contributed by atoms with van der Waals surface area (Å²) in [4.78, 5) is 38.1. The first-order chi connectivity index (χ1) is 12.6. The van der Waals surface area contributed by atoms with Crippen LogP contribution >= 0.6 is 0 Å². The lowest BCUT2D eigenvalue weighted by atomic mass is 9.93. The molecule has 0 saturated carbocycles. The number of carbonyl (C=O) groups excluding carboxylic acids is 2. The number of hydrogen-bond donors (Lipinski definition) is 1. The molecule has 3 aromatic carbocycles. The van der Waals surface area contributed by atoms with Crippen LogP contribution in [0.15, 0.2) is 66.7 Å². The second-order valence-corrected chi connectivity index (χ2v) is 6.23. The molecule has 0 unspecified atom stereocenters. The first-order valence-corrected chi connectivity index (χ1v) is 8.23. The van der Waals surface area contributed by atoms with E-state index in [0.29, 0.717) is 16.7 Å². The maximum Gasteiger partial charge on any atom is 0.312 e. The normalized spacial score (nSPS) is 14.5. The average molecular weight is 345 g/mol. The molecule has 1 N–H and O–H groups in total. The van der Waals surface area contributed by atoms with E-state index in [4.69, 9.17) is 0 Å². The van der Waals surface area contributed by atoms with Gasteiger partial charge in [0.05, 0.1) is 11.1 Å². The van der Waals surface area contributed by atoms with Gasteiger partial charge < -0.3 is 5.11 Å². The average Bonchev–Trinajstić information content (AvgIpc) is 2.90. The summed E-state index contributed by atoms with van der Waals surface area (Å²) in [5, 5.41) is 11.5. The van der Waals surface area contributed by atoms with E-state index < -0.39 is 23.7 Å². The topological polar surface area (TPSA) is 74.7 Å². The highest BCUT2D eigenvalue weighted by molar-refractivity contribution is 6.21. The zero-order valence-corrected chi connectivity index (χ0v) is 13.8. The molecule has 1 aliphatic rings. The largest absolute Gasteiger partial charge is 0.481 e. The van der Waals surface area contributed by atoms with Crippen LogP contribution in [0, 0.1) is 0 Å². The minimum Gasteiger partial charge on any atom is -0.481 e. The summed E-state index contributed by atoms with van der Waals surface area (Å²) in [6.07, 6.45) is 0. The van der Waals surface area contributed by atoms with Crippen molar-refractivity contribution >= 4 is 28.6 Å². The first kappa shape index (κ1) is 16.0. The number of carbonyl (C=O) groups is 3. The zero-order valence-electron chi connectivity index (χ0n) is 13.8. The molecule has 1 heterocycles. The molecule has 0 saturated heterocycles. The lowest BCUT2D eigenvalue weighted by Gasteiger charge is -2.21. The van der Waals surface area contributed by atoms with Gasteiger partial charge in [0.15, 0.2) is 0 Å². The Morgan fingerprint density at radius 1 is 0.846 bits per heavy atom. The Labute approximate surface area is 149 Å².